The highest BCUT2D eigenvalue weighted by molar-refractivity contribution is 5.27. The Balaban J connectivity index is 1.62. The molecule has 0 radical (unpaired) electrons. The van der Waals surface area contributed by atoms with Crippen molar-refractivity contribution < 1.29 is 4.39 Å². The third kappa shape index (κ3) is 4.52. The number of rotatable bonds is 7. The predicted octanol–water partition coefficient (Wildman–Crippen LogP) is 2.78. The van der Waals surface area contributed by atoms with Gasteiger partial charge in [0.25, 0.3) is 0 Å². The standard InChI is InChI=1S/C22H27FN6/c1-2-27-14-16-28(17-15-27)21(19-10-6-7-11-20(19)23)22-24-25-26-29(22)13-12-18-8-4-3-5-9-18/h3-11,21H,2,12-17H2,1H3/t21-/m0/s1. The van der Waals surface area contributed by atoms with Crippen LogP contribution >= 0.6 is 0 Å². The maximum Gasteiger partial charge on any atom is 0.173 e. The van der Waals surface area contributed by atoms with Crippen molar-refractivity contribution in [3.63, 3.8) is 0 Å². The number of aryl methyl sites for hydroxylation is 2. The molecular formula is C22H27FN6. The van der Waals surface area contributed by atoms with Gasteiger partial charge < -0.3 is 4.90 Å². The molecular weight excluding hydrogens is 367 g/mol. The first kappa shape index (κ1) is 19.7. The molecule has 6 nitrogen and oxygen atoms in total. The van der Waals surface area contributed by atoms with Crippen LogP contribution in [0.5, 0.6) is 0 Å². The molecule has 0 saturated carbocycles. The fourth-order valence-electron chi connectivity index (χ4n) is 3.98. The zero-order valence-electron chi connectivity index (χ0n) is 16.8. The normalized spacial score (nSPS) is 16.8. The Labute approximate surface area is 170 Å². The highest BCUT2D eigenvalue weighted by Gasteiger charge is 2.31. The molecule has 2 aromatic carbocycles. The highest BCUT2D eigenvalue weighted by Crippen LogP contribution is 2.30. The molecule has 0 unspecified atom stereocenters. The molecule has 4 rings (SSSR count). The van der Waals surface area contributed by atoms with Gasteiger partial charge in [-0.2, -0.15) is 0 Å². The van der Waals surface area contributed by atoms with Crippen LogP contribution in [-0.2, 0) is 13.0 Å². The number of likely N-dealkylation sites (N-methyl/N-ethyl adjacent to an activating group) is 1. The molecule has 152 valence electrons. The van der Waals surface area contributed by atoms with Crippen LogP contribution in [-0.4, -0.2) is 62.7 Å². The summed E-state index contributed by atoms with van der Waals surface area (Å²) in [5.74, 6) is 0.490. The number of tetrazole rings is 1. The van der Waals surface area contributed by atoms with Crippen molar-refractivity contribution in [2.45, 2.75) is 25.9 Å². The van der Waals surface area contributed by atoms with Crippen LogP contribution in [0.2, 0.25) is 0 Å². The van der Waals surface area contributed by atoms with Gasteiger partial charge in [0.1, 0.15) is 11.9 Å². The minimum atomic E-state index is -0.291. The highest BCUT2D eigenvalue weighted by atomic mass is 19.1. The first-order valence-electron chi connectivity index (χ1n) is 10.3. The second-order valence-corrected chi connectivity index (χ2v) is 7.39. The maximum atomic E-state index is 14.8. The van der Waals surface area contributed by atoms with Crippen LogP contribution in [0.4, 0.5) is 4.39 Å². The van der Waals surface area contributed by atoms with Crippen LogP contribution in [0.1, 0.15) is 29.9 Å². The molecule has 7 heteroatoms. The van der Waals surface area contributed by atoms with E-state index >= 15 is 0 Å². The van der Waals surface area contributed by atoms with Crippen LogP contribution in [0.3, 0.4) is 0 Å². The smallest absolute Gasteiger partial charge is 0.173 e. The van der Waals surface area contributed by atoms with Gasteiger partial charge in [-0.25, -0.2) is 9.07 Å². The van der Waals surface area contributed by atoms with E-state index in [2.05, 4.69) is 44.4 Å². The fraction of sp³-hybridized carbons (Fsp3) is 0.409. The van der Waals surface area contributed by atoms with E-state index in [1.807, 2.05) is 35.0 Å². The molecule has 1 aliphatic rings. The minimum absolute atomic E-state index is 0.215. The van der Waals surface area contributed by atoms with E-state index in [4.69, 9.17) is 0 Å². The maximum absolute atomic E-state index is 14.8. The molecule has 0 N–H and O–H groups in total. The average molecular weight is 394 g/mol. The summed E-state index contributed by atoms with van der Waals surface area (Å²) in [5, 5.41) is 12.5. The molecule has 0 spiro atoms. The molecule has 29 heavy (non-hydrogen) atoms. The predicted molar refractivity (Wildman–Crippen MR) is 110 cm³/mol. The van der Waals surface area contributed by atoms with Gasteiger partial charge in [0.15, 0.2) is 5.82 Å². The third-order valence-electron chi connectivity index (χ3n) is 5.68. The number of aromatic nitrogens is 4. The summed E-state index contributed by atoms with van der Waals surface area (Å²) in [6, 6.07) is 17.0. The van der Waals surface area contributed by atoms with Crippen molar-refractivity contribution in [3.05, 3.63) is 77.4 Å². The monoisotopic (exact) mass is 394 g/mol. The number of hydrogen-bond acceptors (Lipinski definition) is 5. The molecule has 0 bridgehead atoms. The molecule has 1 saturated heterocycles. The van der Waals surface area contributed by atoms with Gasteiger partial charge in [0.2, 0.25) is 0 Å². The summed E-state index contributed by atoms with van der Waals surface area (Å²) in [7, 11) is 0. The van der Waals surface area contributed by atoms with E-state index in [9.17, 15) is 4.39 Å². The first-order valence-corrected chi connectivity index (χ1v) is 10.3. The van der Waals surface area contributed by atoms with Gasteiger partial charge in [-0.05, 0) is 35.0 Å². The van der Waals surface area contributed by atoms with E-state index < -0.39 is 0 Å². The lowest BCUT2D eigenvalue weighted by atomic mass is 10.0. The lowest BCUT2D eigenvalue weighted by molar-refractivity contribution is 0.107. The zero-order chi connectivity index (χ0) is 20.1. The molecule has 0 amide bonds. The average Bonchev–Trinajstić information content (AvgIpc) is 3.23. The van der Waals surface area contributed by atoms with Gasteiger partial charge in [-0.3, -0.25) is 4.90 Å². The lowest BCUT2D eigenvalue weighted by Crippen LogP contribution is -2.48. The van der Waals surface area contributed by atoms with Crippen LogP contribution < -0.4 is 0 Å². The van der Waals surface area contributed by atoms with Crippen molar-refractivity contribution >= 4 is 0 Å². The first-order chi connectivity index (χ1) is 14.3. The van der Waals surface area contributed by atoms with Crippen LogP contribution in [0.15, 0.2) is 54.6 Å². The lowest BCUT2D eigenvalue weighted by Gasteiger charge is -2.38. The van der Waals surface area contributed by atoms with E-state index in [-0.39, 0.29) is 11.9 Å². The number of nitrogens with zero attached hydrogens (tertiary/aromatic N) is 6. The van der Waals surface area contributed by atoms with Gasteiger partial charge in [-0.15, -0.1) is 5.10 Å². The quantitative estimate of drug-likeness (QED) is 0.617. The summed E-state index contributed by atoms with van der Waals surface area (Å²) in [4.78, 5) is 4.71. The Hall–Kier alpha value is -2.64. The Morgan fingerprint density at radius 1 is 0.966 bits per heavy atom. The Kier molecular flexibility index (Phi) is 6.27. The molecule has 0 aliphatic carbocycles. The summed E-state index contributed by atoms with van der Waals surface area (Å²) >= 11 is 0. The topological polar surface area (TPSA) is 50.1 Å². The molecule has 3 aromatic rings. The Morgan fingerprint density at radius 2 is 1.69 bits per heavy atom. The number of hydrogen-bond donors (Lipinski definition) is 0. The van der Waals surface area contributed by atoms with Crippen molar-refractivity contribution in [1.29, 1.82) is 0 Å². The second-order valence-electron chi connectivity index (χ2n) is 7.39. The van der Waals surface area contributed by atoms with E-state index in [0.29, 0.717) is 17.9 Å². The van der Waals surface area contributed by atoms with E-state index in [1.165, 1.54) is 11.6 Å². The number of halogens is 1. The van der Waals surface area contributed by atoms with Crippen molar-refractivity contribution in [2.24, 2.45) is 0 Å². The third-order valence-corrected chi connectivity index (χ3v) is 5.68. The molecule has 1 atom stereocenters. The van der Waals surface area contributed by atoms with E-state index in [1.54, 1.807) is 6.07 Å². The molecule has 1 fully saturated rings. The molecule has 1 aliphatic heterocycles. The number of piperazine rings is 1. The second kappa shape index (κ2) is 9.24. The van der Waals surface area contributed by atoms with Gasteiger partial charge in [-0.1, -0.05) is 55.5 Å². The van der Waals surface area contributed by atoms with E-state index in [0.717, 1.165) is 39.1 Å². The van der Waals surface area contributed by atoms with Gasteiger partial charge in [0.05, 0.1) is 0 Å². The largest absolute Gasteiger partial charge is 0.301 e. The van der Waals surface area contributed by atoms with Crippen molar-refractivity contribution in [2.75, 3.05) is 32.7 Å². The zero-order valence-corrected chi connectivity index (χ0v) is 16.8. The minimum Gasteiger partial charge on any atom is -0.301 e. The SMILES string of the molecule is CCN1CCN([C@@H](c2ccccc2F)c2nnnn2CCc2ccccc2)CC1. The Bertz CT molecular complexity index is 904. The summed E-state index contributed by atoms with van der Waals surface area (Å²) in [6.07, 6.45) is 0.826. The fourth-order valence-corrected chi connectivity index (χ4v) is 3.98. The van der Waals surface area contributed by atoms with Gasteiger partial charge >= 0.3 is 0 Å². The summed E-state index contributed by atoms with van der Waals surface area (Å²) < 4.78 is 16.6. The van der Waals surface area contributed by atoms with Crippen LogP contribution in [0.25, 0.3) is 0 Å². The number of benzene rings is 2. The Morgan fingerprint density at radius 3 is 2.41 bits per heavy atom. The van der Waals surface area contributed by atoms with Crippen molar-refractivity contribution in [1.82, 2.24) is 30.0 Å². The summed E-state index contributed by atoms with van der Waals surface area (Å²) in [5.41, 5.74) is 1.86. The van der Waals surface area contributed by atoms with Crippen LogP contribution in [0, 0.1) is 5.82 Å². The molecule has 1 aromatic heterocycles. The van der Waals surface area contributed by atoms with Crippen molar-refractivity contribution in [3.8, 4) is 0 Å². The molecule has 2 heterocycles. The van der Waals surface area contributed by atoms with Gasteiger partial charge in [0, 0.05) is 38.3 Å². The summed E-state index contributed by atoms with van der Waals surface area (Å²) in [6.45, 7) is 7.52.